The monoisotopic (exact) mass is 193 g/mol. The van der Waals surface area contributed by atoms with Crippen molar-refractivity contribution in [2.75, 3.05) is 13.6 Å². The number of carbonyl (C=O) groups is 1. The maximum Gasteiger partial charge on any atom is 0.349 e. The number of hydrogen-bond acceptors (Lipinski definition) is 3. The van der Waals surface area contributed by atoms with Crippen LogP contribution in [-0.4, -0.2) is 24.6 Å². The molecule has 0 unspecified atom stereocenters. The molecule has 0 aliphatic rings. The second-order valence-corrected chi connectivity index (χ2v) is 2.32. The van der Waals surface area contributed by atoms with Gasteiger partial charge in [-0.1, -0.05) is 19.9 Å². The van der Waals surface area contributed by atoms with Crippen LogP contribution in [0.3, 0.4) is 0 Å². The molecule has 0 aromatic carbocycles. The molecule has 0 saturated heterocycles. The molecule has 4 heteroatoms. The second-order valence-electron chi connectivity index (χ2n) is 2.32. The highest BCUT2D eigenvalue weighted by Gasteiger charge is 2.01. The predicted octanol–water partition coefficient (Wildman–Crippen LogP) is 1.78. The van der Waals surface area contributed by atoms with Gasteiger partial charge >= 0.3 is 5.97 Å². The first-order valence-electron chi connectivity index (χ1n) is 3.76. The van der Waals surface area contributed by atoms with E-state index in [1.807, 2.05) is 0 Å². The van der Waals surface area contributed by atoms with Crippen LogP contribution in [0.5, 0.6) is 0 Å². The van der Waals surface area contributed by atoms with E-state index in [0.717, 1.165) is 25.5 Å². The number of hydrogen-bond donors (Lipinski definition) is 0. The van der Waals surface area contributed by atoms with Gasteiger partial charge in [-0.25, -0.2) is 4.79 Å². The van der Waals surface area contributed by atoms with Crippen molar-refractivity contribution in [3.63, 3.8) is 0 Å². The number of rotatable bonds is 5. The number of halogens is 1. The third kappa shape index (κ3) is 7.57. The highest BCUT2D eigenvalue weighted by molar-refractivity contribution is 5.85. The molecule has 0 aromatic rings. The highest BCUT2D eigenvalue weighted by Crippen LogP contribution is 1.92. The molecule has 0 fully saturated rings. The average molecular weight is 194 g/mol. The van der Waals surface area contributed by atoms with E-state index in [9.17, 15) is 4.79 Å². The van der Waals surface area contributed by atoms with Crippen LogP contribution in [0.1, 0.15) is 19.8 Å². The van der Waals surface area contributed by atoms with Crippen molar-refractivity contribution in [1.29, 1.82) is 0 Å². The van der Waals surface area contributed by atoms with Crippen LogP contribution < -0.4 is 0 Å². The van der Waals surface area contributed by atoms with Gasteiger partial charge in [-0.15, -0.1) is 17.5 Å². The first-order chi connectivity index (χ1) is 5.20. The molecule has 0 aromatic heterocycles. The summed E-state index contributed by atoms with van der Waals surface area (Å²) in [6, 6.07) is 0. The van der Waals surface area contributed by atoms with Crippen LogP contribution in [0.2, 0.25) is 0 Å². The highest BCUT2D eigenvalue weighted by atomic mass is 35.5. The molecular formula is C8H16ClNO2. The van der Waals surface area contributed by atoms with Gasteiger partial charge < -0.3 is 4.84 Å². The van der Waals surface area contributed by atoms with Crippen LogP contribution in [0, 0.1) is 0 Å². The van der Waals surface area contributed by atoms with E-state index in [1.54, 1.807) is 7.05 Å². The second kappa shape index (κ2) is 8.56. The summed E-state index contributed by atoms with van der Waals surface area (Å²) in [5.74, 6) is -0.399. The number of carbonyl (C=O) groups excluding carboxylic acids is 1. The molecule has 0 amide bonds. The van der Waals surface area contributed by atoms with Crippen LogP contribution in [0.4, 0.5) is 0 Å². The van der Waals surface area contributed by atoms with Crippen LogP contribution in [-0.2, 0) is 9.63 Å². The first kappa shape index (κ1) is 14.0. The molecule has 72 valence electrons. The van der Waals surface area contributed by atoms with Crippen LogP contribution in [0.25, 0.3) is 0 Å². The van der Waals surface area contributed by atoms with Crippen LogP contribution in [0.15, 0.2) is 12.7 Å². The Hall–Kier alpha value is -0.540. The maximum atomic E-state index is 10.6. The Morgan fingerprint density at radius 2 is 2.25 bits per heavy atom. The van der Waals surface area contributed by atoms with Crippen molar-refractivity contribution in [2.45, 2.75) is 19.8 Å². The first-order valence-corrected chi connectivity index (χ1v) is 3.76. The van der Waals surface area contributed by atoms with Gasteiger partial charge in [-0.05, 0) is 6.42 Å². The summed E-state index contributed by atoms with van der Waals surface area (Å²) < 4.78 is 0. The molecule has 12 heavy (non-hydrogen) atoms. The Morgan fingerprint density at radius 1 is 1.67 bits per heavy atom. The van der Waals surface area contributed by atoms with Crippen molar-refractivity contribution >= 4 is 18.4 Å². The van der Waals surface area contributed by atoms with Crippen molar-refractivity contribution in [2.24, 2.45) is 0 Å². The summed E-state index contributed by atoms with van der Waals surface area (Å²) in [6.45, 7) is 6.15. The molecule has 0 saturated carbocycles. The molecule has 0 bridgehead atoms. The van der Waals surface area contributed by atoms with Gasteiger partial charge in [-0.2, -0.15) is 0 Å². The molecular weight excluding hydrogens is 178 g/mol. The summed E-state index contributed by atoms with van der Waals surface area (Å²) in [6.07, 6.45) is 3.28. The molecule has 3 nitrogen and oxygen atoms in total. The Labute approximate surface area is 79.7 Å². The van der Waals surface area contributed by atoms with E-state index in [1.165, 1.54) is 5.06 Å². The zero-order valence-corrected chi connectivity index (χ0v) is 8.39. The molecule has 0 N–H and O–H groups in total. The molecule has 0 aliphatic heterocycles. The SMILES string of the molecule is C=CC(=O)ON(C)CCCC.Cl. The zero-order chi connectivity index (χ0) is 8.69. The molecule has 0 radical (unpaired) electrons. The van der Waals surface area contributed by atoms with E-state index in [0.29, 0.717) is 0 Å². The minimum absolute atomic E-state index is 0. The van der Waals surface area contributed by atoms with Crippen LogP contribution >= 0.6 is 12.4 Å². The van der Waals surface area contributed by atoms with Gasteiger partial charge in [0, 0.05) is 19.7 Å². The third-order valence-corrected chi connectivity index (χ3v) is 1.24. The summed E-state index contributed by atoms with van der Waals surface area (Å²) in [4.78, 5) is 15.4. The normalized spacial score (nSPS) is 8.92. The summed E-state index contributed by atoms with van der Waals surface area (Å²) >= 11 is 0. The fourth-order valence-electron chi connectivity index (χ4n) is 0.617. The smallest absolute Gasteiger partial charge is 0.349 e. The predicted molar refractivity (Wildman–Crippen MR) is 51.1 cm³/mol. The van der Waals surface area contributed by atoms with Gasteiger partial charge in [0.05, 0.1) is 0 Å². The largest absolute Gasteiger partial charge is 0.365 e. The van der Waals surface area contributed by atoms with Gasteiger partial charge in [0.1, 0.15) is 0 Å². The quantitative estimate of drug-likeness (QED) is 0.493. The fraction of sp³-hybridized carbons (Fsp3) is 0.625. The Morgan fingerprint density at radius 3 is 2.67 bits per heavy atom. The standard InChI is InChI=1S/C8H15NO2.ClH/c1-4-6-7-9(3)11-8(10)5-2;/h5H,2,4,6-7H2,1,3H3;1H. The topological polar surface area (TPSA) is 29.5 Å². The number of nitrogens with zero attached hydrogens (tertiary/aromatic N) is 1. The van der Waals surface area contributed by atoms with E-state index in [2.05, 4.69) is 13.5 Å². The molecule has 0 aliphatic carbocycles. The minimum Gasteiger partial charge on any atom is -0.365 e. The van der Waals surface area contributed by atoms with E-state index in [-0.39, 0.29) is 12.4 Å². The molecule has 0 rings (SSSR count). The van der Waals surface area contributed by atoms with Gasteiger partial charge in [-0.3, -0.25) is 0 Å². The van der Waals surface area contributed by atoms with Crippen molar-refractivity contribution in [3.05, 3.63) is 12.7 Å². The summed E-state index contributed by atoms with van der Waals surface area (Å²) in [7, 11) is 1.73. The molecule has 0 atom stereocenters. The van der Waals surface area contributed by atoms with Gasteiger partial charge in [0.2, 0.25) is 0 Å². The summed E-state index contributed by atoms with van der Waals surface area (Å²) in [5.41, 5.74) is 0. The van der Waals surface area contributed by atoms with Gasteiger partial charge in [0.25, 0.3) is 0 Å². The van der Waals surface area contributed by atoms with Crippen molar-refractivity contribution < 1.29 is 9.63 Å². The van der Waals surface area contributed by atoms with Crippen molar-refractivity contribution in [1.82, 2.24) is 5.06 Å². The van der Waals surface area contributed by atoms with E-state index in [4.69, 9.17) is 4.84 Å². The lowest BCUT2D eigenvalue weighted by molar-refractivity contribution is -0.177. The third-order valence-electron chi connectivity index (χ3n) is 1.24. The molecule has 0 spiro atoms. The Balaban J connectivity index is 0. The lowest BCUT2D eigenvalue weighted by Crippen LogP contribution is -2.22. The van der Waals surface area contributed by atoms with E-state index < -0.39 is 5.97 Å². The Bertz CT molecular complexity index is 139. The number of unbranched alkanes of at least 4 members (excludes halogenated alkanes) is 1. The van der Waals surface area contributed by atoms with E-state index >= 15 is 0 Å². The molecule has 0 heterocycles. The number of hydroxylamine groups is 2. The summed E-state index contributed by atoms with van der Waals surface area (Å²) in [5, 5.41) is 1.52. The zero-order valence-electron chi connectivity index (χ0n) is 7.58. The fourth-order valence-corrected chi connectivity index (χ4v) is 0.617. The minimum atomic E-state index is -0.399. The van der Waals surface area contributed by atoms with Gasteiger partial charge in [0.15, 0.2) is 0 Å². The Kier molecular flexibility index (Phi) is 9.99. The average Bonchev–Trinajstić information content (AvgIpc) is 2.00. The lowest BCUT2D eigenvalue weighted by atomic mass is 10.3. The van der Waals surface area contributed by atoms with Crippen molar-refractivity contribution in [3.8, 4) is 0 Å². The maximum absolute atomic E-state index is 10.6. The lowest BCUT2D eigenvalue weighted by Gasteiger charge is -2.13.